The van der Waals surface area contributed by atoms with Crippen LogP contribution in [0.3, 0.4) is 0 Å². The molecular weight excluding hydrogens is 202 g/mol. The summed E-state index contributed by atoms with van der Waals surface area (Å²) in [6.45, 7) is 0.815. The van der Waals surface area contributed by atoms with E-state index in [9.17, 15) is 0 Å². The molecule has 0 atom stereocenters. The highest BCUT2D eigenvalue weighted by atomic mass is 15.3. The third kappa shape index (κ3) is 2.50. The molecule has 5 heteroatoms. The molecular formula is C11H15N5. The SMILES string of the molecule is Cn1nccc1CCNc1cccc(N)n1. The van der Waals surface area contributed by atoms with E-state index in [1.165, 1.54) is 5.69 Å². The lowest BCUT2D eigenvalue weighted by Gasteiger charge is -2.06. The Morgan fingerprint density at radius 1 is 1.38 bits per heavy atom. The molecule has 2 aromatic rings. The van der Waals surface area contributed by atoms with E-state index < -0.39 is 0 Å². The molecule has 5 nitrogen and oxygen atoms in total. The molecule has 2 aromatic heterocycles. The fourth-order valence-corrected chi connectivity index (χ4v) is 1.52. The summed E-state index contributed by atoms with van der Waals surface area (Å²) in [6.07, 6.45) is 2.71. The van der Waals surface area contributed by atoms with Gasteiger partial charge < -0.3 is 11.1 Å². The minimum atomic E-state index is 0.533. The van der Waals surface area contributed by atoms with Crippen molar-refractivity contribution in [2.24, 2.45) is 7.05 Å². The molecule has 84 valence electrons. The minimum absolute atomic E-state index is 0.533. The van der Waals surface area contributed by atoms with Gasteiger partial charge in [-0.05, 0) is 18.2 Å². The van der Waals surface area contributed by atoms with Crippen molar-refractivity contribution >= 4 is 11.6 Å². The molecule has 0 aliphatic rings. The Labute approximate surface area is 94.3 Å². The van der Waals surface area contributed by atoms with Gasteiger partial charge in [-0.15, -0.1) is 0 Å². The van der Waals surface area contributed by atoms with Crippen molar-refractivity contribution in [3.63, 3.8) is 0 Å². The third-order valence-electron chi connectivity index (χ3n) is 2.38. The molecule has 0 aromatic carbocycles. The molecule has 0 bridgehead atoms. The van der Waals surface area contributed by atoms with Gasteiger partial charge in [0.2, 0.25) is 0 Å². The molecule has 0 fully saturated rings. The number of hydrogen-bond donors (Lipinski definition) is 2. The zero-order chi connectivity index (χ0) is 11.4. The van der Waals surface area contributed by atoms with Crippen LogP contribution < -0.4 is 11.1 Å². The Kier molecular flexibility index (Phi) is 3.05. The first-order chi connectivity index (χ1) is 7.75. The fourth-order valence-electron chi connectivity index (χ4n) is 1.52. The second-order valence-electron chi connectivity index (χ2n) is 3.57. The molecule has 0 saturated heterocycles. The van der Waals surface area contributed by atoms with Crippen molar-refractivity contribution in [1.82, 2.24) is 14.8 Å². The summed E-state index contributed by atoms with van der Waals surface area (Å²) in [5.74, 6) is 1.34. The van der Waals surface area contributed by atoms with E-state index in [1.807, 2.05) is 29.9 Å². The lowest BCUT2D eigenvalue weighted by molar-refractivity contribution is 0.711. The number of aromatic nitrogens is 3. The normalized spacial score (nSPS) is 10.3. The van der Waals surface area contributed by atoms with Gasteiger partial charge in [0, 0.05) is 31.9 Å². The number of anilines is 2. The summed E-state index contributed by atoms with van der Waals surface area (Å²) in [6, 6.07) is 7.56. The number of nitrogens with two attached hydrogens (primary N) is 1. The van der Waals surface area contributed by atoms with E-state index in [1.54, 1.807) is 12.3 Å². The molecule has 0 unspecified atom stereocenters. The van der Waals surface area contributed by atoms with Crippen molar-refractivity contribution in [3.05, 3.63) is 36.2 Å². The second-order valence-corrected chi connectivity index (χ2v) is 3.57. The van der Waals surface area contributed by atoms with Gasteiger partial charge in [-0.25, -0.2) is 4.98 Å². The van der Waals surface area contributed by atoms with Gasteiger partial charge in [-0.1, -0.05) is 6.07 Å². The van der Waals surface area contributed by atoms with E-state index in [-0.39, 0.29) is 0 Å². The molecule has 0 amide bonds. The van der Waals surface area contributed by atoms with Crippen LogP contribution in [0, 0.1) is 0 Å². The van der Waals surface area contributed by atoms with Gasteiger partial charge in [0.05, 0.1) is 0 Å². The number of rotatable bonds is 4. The first-order valence-corrected chi connectivity index (χ1v) is 5.19. The lowest BCUT2D eigenvalue weighted by Crippen LogP contribution is -2.09. The molecule has 2 rings (SSSR count). The van der Waals surface area contributed by atoms with Gasteiger partial charge in [-0.2, -0.15) is 5.10 Å². The Morgan fingerprint density at radius 2 is 2.25 bits per heavy atom. The van der Waals surface area contributed by atoms with Gasteiger partial charge >= 0.3 is 0 Å². The highest BCUT2D eigenvalue weighted by Gasteiger charge is 1.98. The molecule has 0 spiro atoms. The highest BCUT2D eigenvalue weighted by molar-refractivity contribution is 5.42. The summed E-state index contributed by atoms with van der Waals surface area (Å²) in [4.78, 5) is 4.16. The topological polar surface area (TPSA) is 68.8 Å². The molecule has 0 aliphatic carbocycles. The zero-order valence-corrected chi connectivity index (χ0v) is 9.22. The molecule has 2 heterocycles. The van der Waals surface area contributed by atoms with Gasteiger partial charge in [-0.3, -0.25) is 4.68 Å². The smallest absolute Gasteiger partial charge is 0.128 e. The van der Waals surface area contributed by atoms with Crippen LogP contribution >= 0.6 is 0 Å². The average molecular weight is 217 g/mol. The Morgan fingerprint density at radius 3 is 2.94 bits per heavy atom. The minimum Gasteiger partial charge on any atom is -0.384 e. The van der Waals surface area contributed by atoms with Crippen molar-refractivity contribution in [3.8, 4) is 0 Å². The molecule has 16 heavy (non-hydrogen) atoms. The standard InChI is InChI=1S/C11H15N5/c1-16-9(6-8-14-16)5-7-13-11-4-2-3-10(12)15-11/h2-4,6,8H,5,7H2,1H3,(H3,12,13,15). The van der Waals surface area contributed by atoms with E-state index in [0.717, 1.165) is 18.8 Å². The van der Waals surface area contributed by atoms with Crippen LogP contribution in [0.4, 0.5) is 11.6 Å². The number of nitrogens with one attached hydrogen (secondary N) is 1. The fraction of sp³-hybridized carbons (Fsp3) is 0.273. The van der Waals surface area contributed by atoms with Crippen LogP contribution in [0.1, 0.15) is 5.69 Å². The summed E-state index contributed by atoms with van der Waals surface area (Å²) in [5.41, 5.74) is 6.77. The molecule has 0 radical (unpaired) electrons. The van der Waals surface area contributed by atoms with Crippen LogP contribution in [0.2, 0.25) is 0 Å². The van der Waals surface area contributed by atoms with Crippen LogP contribution in [-0.4, -0.2) is 21.3 Å². The lowest BCUT2D eigenvalue weighted by atomic mass is 10.3. The van der Waals surface area contributed by atoms with Gasteiger partial charge in [0.25, 0.3) is 0 Å². The predicted octanol–water partition coefficient (Wildman–Crippen LogP) is 1.05. The van der Waals surface area contributed by atoms with Crippen LogP contribution in [-0.2, 0) is 13.5 Å². The second kappa shape index (κ2) is 4.65. The number of nitrogens with zero attached hydrogens (tertiary/aromatic N) is 3. The number of hydrogen-bond acceptors (Lipinski definition) is 4. The van der Waals surface area contributed by atoms with Crippen LogP contribution in [0.25, 0.3) is 0 Å². The van der Waals surface area contributed by atoms with Gasteiger partial charge in [0.15, 0.2) is 0 Å². The third-order valence-corrected chi connectivity index (χ3v) is 2.38. The predicted molar refractivity (Wildman–Crippen MR) is 64.1 cm³/mol. The summed E-state index contributed by atoms with van der Waals surface area (Å²) in [7, 11) is 1.94. The van der Waals surface area contributed by atoms with Crippen molar-refractivity contribution in [2.75, 3.05) is 17.6 Å². The first-order valence-electron chi connectivity index (χ1n) is 5.19. The van der Waals surface area contributed by atoms with Crippen molar-refractivity contribution < 1.29 is 0 Å². The maximum absolute atomic E-state index is 5.58. The average Bonchev–Trinajstić information content (AvgIpc) is 2.65. The summed E-state index contributed by atoms with van der Waals surface area (Å²) in [5, 5.41) is 7.33. The number of nitrogen functional groups attached to an aromatic ring is 1. The summed E-state index contributed by atoms with van der Waals surface area (Å²) < 4.78 is 1.87. The van der Waals surface area contributed by atoms with Crippen LogP contribution in [0.15, 0.2) is 30.5 Å². The van der Waals surface area contributed by atoms with E-state index in [4.69, 9.17) is 5.73 Å². The maximum atomic E-state index is 5.58. The van der Waals surface area contributed by atoms with Crippen LogP contribution in [0.5, 0.6) is 0 Å². The zero-order valence-electron chi connectivity index (χ0n) is 9.22. The maximum Gasteiger partial charge on any atom is 0.128 e. The number of pyridine rings is 1. The van der Waals surface area contributed by atoms with Gasteiger partial charge in [0.1, 0.15) is 11.6 Å². The highest BCUT2D eigenvalue weighted by Crippen LogP contribution is 2.06. The number of aryl methyl sites for hydroxylation is 1. The molecule has 0 aliphatic heterocycles. The first kappa shape index (κ1) is 10.5. The molecule has 3 N–H and O–H groups in total. The Hall–Kier alpha value is -2.04. The van der Waals surface area contributed by atoms with Crippen molar-refractivity contribution in [1.29, 1.82) is 0 Å². The van der Waals surface area contributed by atoms with E-state index >= 15 is 0 Å². The largest absolute Gasteiger partial charge is 0.384 e. The van der Waals surface area contributed by atoms with E-state index in [2.05, 4.69) is 15.4 Å². The Balaban J connectivity index is 1.87. The Bertz CT molecular complexity index is 463. The summed E-state index contributed by atoms with van der Waals surface area (Å²) >= 11 is 0. The quantitative estimate of drug-likeness (QED) is 0.803. The molecule has 0 saturated carbocycles. The van der Waals surface area contributed by atoms with E-state index in [0.29, 0.717) is 5.82 Å². The van der Waals surface area contributed by atoms with Crippen molar-refractivity contribution in [2.45, 2.75) is 6.42 Å². The monoisotopic (exact) mass is 217 g/mol.